The highest BCUT2D eigenvalue weighted by Crippen LogP contribution is 2.16. The zero-order valence-electron chi connectivity index (χ0n) is 8.38. The molecule has 1 rings (SSSR count). The van der Waals surface area contributed by atoms with Crippen LogP contribution < -0.4 is 0 Å². The highest BCUT2D eigenvalue weighted by molar-refractivity contribution is 5.78. The number of hydrogen-bond acceptors (Lipinski definition) is 2. The highest BCUT2D eigenvalue weighted by atomic mass is 16.2. The van der Waals surface area contributed by atoms with Crippen LogP contribution in [0.5, 0.6) is 0 Å². The minimum Gasteiger partial charge on any atom is -0.342 e. The van der Waals surface area contributed by atoms with Gasteiger partial charge < -0.3 is 9.69 Å². The Kier molecular flexibility index (Phi) is 3.46. The minimum atomic E-state index is 0.208. The predicted octanol–water partition coefficient (Wildman–Crippen LogP) is 1.22. The van der Waals surface area contributed by atoms with Crippen LogP contribution in [0, 0.1) is 5.92 Å². The smallest absolute Gasteiger partial charge is 0.222 e. The second-order valence-corrected chi connectivity index (χ2v) is 3.95. The quantitative estimate of drug-likeness (QED) is 0.657. The maximum absolute atomic E-state index is 11.3. The molecular formula is C10H17NO2. The molecule has 1 unspecified atom stereocenters. The molecule has 1 aliphatic rings. The van der Waals surface area contributed by atoms with E-state index in [-0.39, 0.29) is 11.7 Å². The molecule has 0 aromatic carbocycles. The number of ketones is 1. The second-order valence-electron chi connectivity index (χ2n) is 3.95. The molecule has 3 nitrogen and oxygen atoms in total. The summed E-state index contributed by atoms with van der Waals surface area (Å²) in [5.74, 6) is 0.945. The number of carbonyl (C=O) groups is 2. The van der Waals surface area contributed by atoms with Crippen molar-refractivity contribution in [3.8, 4) is 0 Å². The van der Waals surface area contributed by atoms with Crippen molar-refractivity contribution in [3.05, 3.63) is 0 Å². The van der Waals surface area contributed by atoms with Crippen molar-refractivity contribution >= 4 is 11.7 Å². The van der Waals surface area contributed by atoms with Gasteiger partial charge in [0.1, 0.15) is 5.78 Å². The van der Waals surface area contributed by atoms with E-state index in [4.69, 9.17) is 0 Å². The van der Waals surface area contributed by atoms with Crippen LogP contribution in [0.3, 0.4) is 0 Å². The van der Waals surface area contributed by atoms with E-state index in [9.17, 15) is 9.59 Å². The van der Waals surface area contributed by atoms with Crippen molar-refractivity contribution in [2.24, 2.45) is 5.92 Å². The van der Waals surface area contributed by atoms with Gasteiger partial charge in [0.2, 0.25) is 5.91 Å². The van der Waals surface area contributed by atoms with Gasteiger partial charge in [0.25, 0.3) is 0 Å². The molecule has 1 heterocycles. The molecule has 0 aliphatic carbocycles. The first-order chi connectivity index (χ1) is 6.09. The van der Waals surface area contributed by atoms with Crippen LogP contribution in [-0.2, 0) is 9.59 Å². The summed E-state index contributed by atoms with van der Waals surface area (Å²) < 4.78 is 0. The zero-order valence-corrected chi connectivity index (χ0v) is 8.38. The van der Waals surface area contributed by atoms with Crippen LogP contribution in [0.1, 0.15) is 33.1 Å². The average molecular weight is 183 g/mol. The van der Waals surface area contributed by atoms with Crippen LogP contribution in [0.15, 0.2) is 0 Å². The first-order valence-corrected chi connectivity index (χ1v) is 4.87. The summed E-state index contributed by atoms with van der Waals surface area (Å²) in [6.07, 6.45) is 2.09. The minimum absolute atomic E-state index is 0.208. The van der Waals surface area contributed by atoms with Gasteiger partial charge in [-0.2, -0.15) is 0 Å². The second kappa shape index (κ2) is 4.40. The number of rotatable bonds is 4. The number of amides is 1. The van der Waals surface area contributed by atoms with Crippen LogP contribution in [-0.4, -0.2) is 29.7 Å². The third-order valence-corrected chi connectivity index (χ3v) is 2.36. The average Bonchev–Trinajstić information content (AvgIpc) is 2.29. The van der Waals surface area contributed by atoms with Crippen molar-refractivity contribution in [1.82, 2.24) is 4.90 Å². The maximum atomic E-state index is 11.3. The van der Waals surface area contributed by atoms with Crippen molar-refractivity contribution in [2.75, 3.05) is 13.1 Å². The number of likely N-dealkylation sites (tertiary alicyclic amines) is 1. The molecular weight excluding hydrogens is 166 g/mol. The molecule has 1 atom stereocenters. The first-order valence-electron chi connectivity index (χ1n) is 4.87. The summed E-state index contributed by atoms with van der Waals surface area (Å²) in [6.45, 7) is 5.30. The molecule has 1 fully saturated rings. The molecule has 1 saturated heterocycles. The number of Topliss-reactive ketones (excluding diaryl/α,β-unsaturated/α-hetero) is 1. The molecule has 0 N–H and O–H groups in total. The molecule has 0 saturated carbocycles. The number of nitrogens with zero attached hydrogens (tertiary/aromatic N) is 1. The Morgan fingerprint density at radius 1 is 1.62 bits per heavy atom. The molecule has 1 aliphatic heterocycles. The van der Waals surface area contributed by atoms with Gasteiger partial charge in [0.05, 0.1) is 0 Å². The Balaban J connectivity index is 2.22. The molecule has 3 heteroatoms. The van der Waals surface area contributed by atoms with Crippen molar-refractivity contribution < 1.29 is 9.59 Å². The van der Waals surface area contributed by atoms with Crippen LogP contribution in [0.2, 0.25) is 0 Å². The molecule has 0 spiro atoms. The van der Waals surface area contributed by atoms with E-state index in [0.717, 1.165) is 19.5 Å². The molecule has 74 valence electrons. The fourth-order valence-corrected chi connectivity index (χ4v) is 1.70. The topological polar surface area (TPSA) is 37.4 Å². The lowest BCUT2D eigenvalue weighted by Gasteiger charge is -2.14. The van der Waals surface area contributed by atoms with Gasteiger partial charge in [0.15, 0.2) is 0 Å². The van der Waals surface area contributed by atoms with Gasteiger partial charge in [-0.3, -0.25) is 4.79 Å². The van der Waals surface area contributed by atoms with Gasteiger partial charge >= 0.3 is 0 Å². The Morgan fingerprint density at radius 3 is 2.77 bits per heavy atom. The zero-order chi connectivity index (χ0) is 9.84. The lowest BCUT2D eigenvalue weighted by Crippen LogP contribution is -2.26. The van der Waals surface area contributed by atoms with Gasteiger partial charge in [-0.25, -0.2) is 0 Å². The van der Waals surface area contributed by atoms with Gasteiger partial charge in [0, 0.05) is 25.9 Å². The van der Waals surface area contributed by atoms with Gasteiger partial charge in [-0.15, -0.1) is 0 Å². The molecule has 0 aromatic heterocycles. The predicted molar refractivity (Wildman–Crippen MR) is 50.3 cm³/mol. The first kappa shape index (κ1) is 10.2. The largest absolute Gasteiger partial charge is 0.342 e. The van der Waals surface area contributed by atoms with E-state index >= 15 is 0 Å². The molecule has 0 radical (unpaired) electrons. The van der Waals surface area contributed by atoms with E-state index < -0.39 is 0 Å². The molecule has 0 aromatic rings. The lowest BCUT2D eigenvalue weighted by molar-refractivity contribution is -0.128. The van der Waals surface area contributed by atoms with E-state index in [1.165, 1.54) is 0 Å². The SMILES string of the molecule is CC(=O)CCCN1CC(C)CC1=O. The summed E-state index contributed by atoms with van der Waals surface area (Å²) in [7, 11) is 0. The summed E-state index contributed by atoms with van der Waals surface area (Å²) in [5.41, 5.74) is 0. The summed E-state index contributed by atoms with van der Waals surface area (Å²) in [6, 6.07) is 0. The van der Waals surface area contributed by atoms with E-state index in [0.29, 0.717) is 18.8 Å². The van der Waals surface area contributed by atoms with Crippen LogP contribution >= 0.6 is 0 Å². The number of hydrogen-bond donors (Lipinski definition) is 0. The molecule has 13 heavy (non-hydrogen) atoms. The van der Waals surface area contributed by atoms with E-state index in [1.807, 2.05) is 4.90 Å². The molecule has 0 bridgehead atoms. The summed E-state index contributed by atoms with van der Waals surface area (Å²) in [5, 5.41) is 0. The Morgan fingerprint density at radius 2 is 2.31 bits per heavy atom. The fraction of sp³-hybridized carbons (Fsp3) is 0.800. The Labute approximate surface area is 79.1 Å². The fourth-order valence-electron chi connectivity index (χ4n) is 1.70. The lowest BCUT2D eigenvalue weighted by atomic mass is 10.2. The van der Waals surface area contributed by atoms with Gasteiger partial charge in [-0.1, -0.05) is 6.92 Å². The summed E-state index contributed by atoms with van der Waals surface area (Å²) in [4.78, 5) is 23.8. The van der Waals surface area contributed by atoms with Crippen molar-refractivity contribution in [3.63, 3.8) is 0 Å². The summed E-state index contributed by atoms with van der Waals surface area (Å²) >= 11 is 0. The third-order valence-electron chi connectivity index (χ3n) is 2.36. The highest BCUT2D eigenvalue weighted by Gasteiger charge is 2.25. The van der Waals surface area contributed by atoms with Crippen molar-refractivity contribution in [1.29, 1.82) is 0 Å². The van der Waals surface area contributed by atoms with Crippen molar-refractivity contribution in [2.45, 2.75) is 33.1 Å². The monoisotopic (exact) mass is 183 g/mol. The third kappa shape index (κ3) is 3.17. The Bertz CT molecular complexity index is 213. The standard InChI is InChI=1S/C10H17NO2/c1-8-6-10(13)11(7-8)5-3-4-9(2)12/h8H,3-7H2,1-2H3. The maximum Gasteiger partial charge on any atom is 0.222 e. The van der Waals surface area contributed by atoms with E-state index in [2.05, 4.69) is 6.92 Å². The van der Waals surface area contributed by atoms with Gasteiger partial charge in [-0.05, 0) is 19.3 Å². The number of carbonyl (C=O) groups excluding carboxylic acids is 2. The van der Waals surface area contributed by atoms with E-state index in [1.54, 1.807) is 6.92 Å². The van der Waals surface area contributed by atoms with Crippen LogP contribution in [0.4, 0.5) is 0 Å². The van der Waals surface area contributed by atoms with Crippen LogP contribution in [0.25, 0.3) is 0 Å². The Hall–Kier alpha value is -0.860. The molecule has 1 amide bonds. The normalized spacial score (nSPS) is 22.5.